The summed E-state index contributed by atoms with van der Waals surface area (Å²) in [5.41, 5.74) is 1.75. The lowest BCUT2D eigenvalue weighted by Crippen LogP contribution is -2.58. The van der Waals surface area contributed by atoms with Crippen LogP contribution >= 0.6 is 0 Å². The molecule has 0 radical (unpaired) electrons. The maximum Gasteiger partial charge on any atom is 0.328 e. The fourth-order valence-electron chi connectivity index (χ4n) is 4.89. The van der Waals surface area contributed by atoms with Gasteiger partial charge in [0, 0.05) is 19.9 Å². The lowest BCUT2D eigenvalue weighted by atomic mass is 9.98. The van der Waals surface area contributed by atoms with E-state index >= 15 is 0 Å². The molecule has 0 unspecified atom stereocenters. The first-order valence-corrected chi connectivity index (χ1v) is 14.7. The minimum Gasteiger partial charge on any atom is -0.467 e. The molecule has 0 aliphatic heterocycles. The summed E-state index contributed by atoms with van der Waals surface area (Å²) >= 11 is 0. The van der Waals surface area contributed by atoms with Crippen LogP contribution in [0.15, 0.2) is 60.7 Å². The minimum atomic E-state index is -0.921. The van der Waals surface area contributed by atoms with Crippen molar-refractivity contribution in [1.29, 1.82) is 0 Å². The van der Waals surface area contributed by atoms with E-state index in [9.17, 15) is 19.2 Å². The number of esters is 1. The van der Waals surface area contributed by atoms with Gasteiger partial charge in [0.25, 0.3) is 0 Å². The van der Waals surface area contributed by atoms with Crippen LogP contribution in [0.4, 0.5) is 0 Å². The number of hydrogen-bond acceptors (Lipinski definition) is 6. The van der Waals surface area contributed by atoms with E-state index in [0.717, 1.165) is 11.1 Å². The topological polar surface area (TPSA) is 117 Å². The summed E-state index contributed by atoms with van der Waals surface area (Å²) in [6, 6.07) is 15.7. The number of rotatable bonds is 16. The van der Waals surface area contributed by atoms with Crippen molar-refractivity contribution >= 4 is 23.7 Å². The maximum absolute atomic E-state index is 14.0. The molecule has 0 aliphatic carbocycles. The van der Waals surface area contributed by atoms with E-state index in [1.807, 2.05) is 88.4 Å². The van der Waals surface area contributed by atoms with Gasteiger partial charge in [-0.05, 0) is 42.9 Å². The molecule has 42 heavy (non-hydrogen) atoms. The molecule has 2 aromatic rings. The second kappa shape index (κ2) is 17.3. The summed E-state index contributed by atoms with van der Waals surface area (Å²) < 4.78 is 4.98. The van der Waals surface area contributed by atoms with Crippen LogP contribution in [0, 0.1) is 11.8 Å². The molecule has 9 heteroatoms. The molecule has 0 fully saturated rings. The van der Waals surface area contributed by atoms with Crippen LogP contribution in [-0.4, -0.2) is 74.0 Å². The Morgan fingerprint density at radius 3 is 1.64 bits per heavy atom. The van der Waals surface area contributed by atoms with Gasteiger partial charge in [0.1, 0.15) is 18.1 Å². The van der Waals surface area contributed by atoms with Crippen molar-refractivity contribution in [2.24, 2.45) is 11.8 Å². The molecular formula is C33H48N4O5. The Morgan fingerprint density at radius 1 is 0.714 bits per heavy atom. The standard InChI is InChI=1S/C33H48N4O5/c1-22(2)18-26(34-5)30(38)35-27(20-24-14-10-8-11-15-24)32(40)37(6)29(19-23(3)4)31(39)36-28(33(41)42-7)21-25-16-12-9-13-17-25/h8-17,22-23,26-29,34H,18-21H2,1-7H3,(H,35,38)(H,36,39)/t26-,27-,28-,29-/m0/s1. The normalized spacial score (nSPS) is 14.0. The Kier molecular flexibility index (Phi) is 14.2. The lowest BCUT2D eigenvalue weighted by molar-refractivity contribution is -0.147. The Morgan fingerprint density at radius 2 is 1.19 bits per heavy atom. The first-order valence-electron chi connectivity index (χ1n) is 14.7. The van der Waals surface area contributed by atoms with E-state index in [0.29, 0.717) is 12.8 Å². The minimum absolute atomic E-state index is 0.0728. The van der Waals surface area contributed by atoms with Crippen LogP contribution < -0.4 is 16.0 Å². The van der Waals surface area contributed by atoms with E-state index in [-0.39, 0.29) is 36.5 Å². The fourth-order valence-corrected chi connectivity index (χ4v) is 4.89. The van der Waals surface area contributed by atoms with Crippen LogP contribution in [0.2, 0.25) is 0 Å². The summed E-state index contributed by atoms with van der Waals surface area (Å²) in [6.45, 7) is 8.00. The first-order chi connectivity index (χ1) is 20.0. The summed E-state index contributed by atoms with van der Waals surface area (Å²) in [5, 5.41) is 8.83. The fraction of sp³-hybridized carbons (Fsp3) is 0.515. The highest BCUT2D eigenvalue weighted by Gasteiger charge is 2.35. The average Bonchev–Trinajstić information content (AvgIpc) is 2.97. The van der Waals surface area contributed by atoms with Gasteiger partial charge in [-0.25, -0.2) is 4.79 Å². The van der Waals surface area contributed by atoms with E-state index in [1.54, 1.807) is 14.1 Å². The van der Waals surface area contributed by atoms with E-state index in [2.05, 4.69) is 16.0 Å². The predicted molar refractivity (Wildman–Crippen MR) is 164 cm³/mol. The van der Waals surface area contributed by atoms with Gasteiger partial charge in [-0.3, -0.25) is 14.4 Å². The Bertz CT molecular complexity index is 1140. The largest absolute Gasteiger partial charge is 0.467 e. The van der Waals surface area contributed by atoms with Crippen molar-refractivity contribution in [2.75, 3.05) is 21.2 Å². The molecule has 0 aromatic heterocycles. The van der Waals surface area contributed by atoms with Gasteiger partial charge in [-0.2, -0.15) is 0 Å². The highest BCUT2D eigenvalue weighted by Crippen LogP contribution is 2.16. The quantitative estimate of drug-likeness (QED) is 0.263. The monoisotopic (exact) mass is 580 g/mol. The van der Waals surface area contributed by atoms with E-state index in [1.165, 1.54) is 12.0 Å². The zero-order chi connectivity index (χ0) is 31.2. The molecule has 4 atom stereocenters. The third-order valence-electron chi connectivity index (χ3n) is 7.17. The molecule has 3 amide bonds. The van der Waals surface area contributed by atoms with Crippen molar-refractivity contribution in [3.63, 3.8) is 0 Å². The molecule has 9 nitrogen and oxygen atoms in total. The van der Waals surface area contributed by atoms with Crippen LogP contribution in [-0.2, 0) is 36.8 Å². The van der Waals surface area contributed by atoms with Gasteiger partial charge in [0.15, 0.2) is 0 Å². The van der Waals surface area contributed by atoms with Crippen molar-refractivity contribution in [3.05, 3.63) is 71.8 Å². The number of benzene rings is 2. The first kappa shape index (κ1) is 34.5. The summed E-state index contributed by atoms with van der Waals surface area (Å²) in [4.78, 5) is 55.0. The second-order valence-corrected chi connectivity index (χ2v) is 11.6. The SMILES string of the molecule is CN[C@@H](CC(C)C)C(=O)N[C@@H](Cc1ccccc1)C(=O)N(C)[C@@H](CC(C)C)C(=O)N[C@@H](Cc1ccccc1)C(=O)OC. The molecule has 0 saturated heterocycles. The number of hydrogen-bond donors (Lipinski definition) is 3. The molecule has 0 heterocycles. The molecule has 0 spiro atoms. The van der Waals surface area contributed by atoms with Gasteiger partial charge < -0.3 is 25.6 Å². The number of amides is 3. The van der Waals surface area contributed by atoms with Crippen molar-refractivity contribution in [3.8, 4) is 0 Å². The number of ether oxygens (including phenoxy) is 1. The van der Waals surface area contributed by atoms with Gasteiger partial charge in [-0.1, -0.05) is 88.4 Å². The number of nitrogens with zero attached hydrogens (tertiary/aromatic N) is 1. The Hall–Kier alpha value is -3.72. The smallest absolute Gasteiger partial charge is 0.328 e. The van der Waals surface area contributed by atoms with Crippen LogP contribution in [0.5, 0.6) is 0 Å². The van der Waals surface area contributed by atoms with Gasteiger partial charge >= 0.3 is 5.97 Å². The number of likely N-dealkylation sites (N-methyl/N-ethyl adjacent to an activating group) is 2. The molecule has 2 aromatic carbocycles. The van der Waals surface area contributed by atoms with E-state index < -0.39 is 36.0 Å². The molecule has 0 bridgehead atoms. The Labute approximate surface area is 250 Å². The van der Waals surface area contributed by atoms with Crippen molar-refractivity contribution in [2.45, 2.75) is 77.5 Å². The highest BCUT2D eigenvalue weighted by molar-refractivity contribution is 5.94. The van der Waals surface area contributed by atoms with Crippen LogP contribution in [0.3, 0.4) is 0 Å². The van der Waals surface area contributed by atoms with Gasteiger partial charge in [-0.15, -0.1) is 0 Å². The molecule has 0 saturated carbocycles. The van der Waals surface area contributed by atoms with Gasteiger partial charge in [0.2, 0.25) is 17.7 Å². The second-order valence-electron chi connectivity index (χ2n) is 11.6. The Balaban J connectivity index is 2.34. The number of methoxy groups -OCH3 is 1. The maximum atomic E-state index is 14.0. The van der Waals surface area contributed by atoms with E-state index in [4.69, 9.17) is 4.74 Å². The molecule has 2 rings (SSSR count). The molecule has 0 aliphatic rings. The summed E-state index contributed by atoms with van der Waals surface area (Å²) in [5.74, 6) is -1.33. The van der Waals surface area contributed by atoms with Gasteiger partial charge in [0.05, 0.1) is 13.2 Å². The number of nitrogens with one attached hydrogen (secondary N) is 3. The lowest BCUT2D eigenvalue weighted by Gasteiger charge is -2.33. The average molecular weight is 581 g/mol. The molecular weight excluding hydrogens is 532 g/mol. The predicted octanol–water partition coefficient (Wildman–Crippen LogP) is 3.12. The molecule has 230 valence electrons. The molecule has 3 N–H and O–H groups in total. The third kappa shape index (κ3) is 10.9. The summed E-state index contributed by atoms with van der Waals surface area (Å²) in [6.07, 6.45) is 1.49. The highest BCUT2D eigenvalue weighted by atomic mass is 16.5. The van der Waals surface area contributed by atoms with Crippen molar-refractivity contribution < 1.29 is 23.9 Å². The number of carbonyl (C=O) groups excluding carboxylic acids is 4. The van der Waals surface area contributed by atoms with Crippen molar-refractivity contribution in [1.82, 2.24) is 20.9 Å². The number of carbonyl (C=O) groups is 4. The zero-order valence-corrected chi connectivity index (χ0v) is 26.1. The zero-order valence-electron chi connectivity index (χ0n) is 26.1. The summed E-state index contributed by atoms with van der Waals surface area (Å²) in [7, 11) is 4.58. The van der Waals surface area contributed by atoms with Crippen LogP contribution in [0.25, 0.3) is 0 Å². The third-order valence-corrected chi connectivity index (χ3v) is 7.17. The van der Waals surface area contributed by atoms with Crippen LogP contribution in [0.1, 0.15) is 51.7 Å².